The molecule has 17 heavy (non-hydrogen) atoms. The van der Waals surface area contributed by atoms with E-state index in [0.717, 1.165) is 10.0 Å². The fourth-order valence-electron chi connectivity index (χ4n) is 1.70. The van der Waals surface area contributed by atoms with Crippen LogP contribution in [0.2, 0.25) is 0 Å². The zero-order valence-electron chi connectivity index (χ0n) is 10.4. The minimum atomic E-state index is -0.0564. The van der Waals surface area contributed by atoms with Crippen molar-refractivity contribution in [1.82, 2.24) is 0 Å². The van der Waals surface area contributed by atoms with Gasteiger partial charge in [0.05, 0.1) is 21.3 Å². The van der Waals surface area contributed by atoms with Gasteiger partial charge in [0, 0.05) is 22.6 Å². The minimum Gasteiger partial charge on any atom is -0.493 e. The molecule has 0 spiro atoms. The molecule has 4 nitrogen and oxygen atoms in total. The molecule has 96 valence electrons. The van der Waals surface area contributed by atoms with Gasteiger partial charge in [0.15, 0.2) is 11.5 Å². The van der Waals surface area contributed by atoms with Crippen molar-refractivity contribution >= 4 is 15.9 Å². The van der Waals surface area contributed by atoms with Crippen LogP contribution in [-0.4, -0.2) is 33.0 Å². The summed E-state index contributed by atoms with van der Waals surface area (Å²) in [6, 6.07) is 1.81. The van der Waals surface area contributed by atoms with E-state index in [0.29, 0.717) is 17.2 Å². The molecule has 0 saturated carbocycles. The van der Waals surface area contributed by atoms with Gasteiger partial charge in [-0.05, 0) is 6.07 Å². The highest BCUT2D eigenvalue weighted by Crippen LogP contribution is 2.46. The van der Waals surface area contributed by atoms with Crippen LogP contribution in [0.5, 0.6) is 17.2 Å². The molecule has 0 amide bonds. The first-order valence-electron chi connectivity index (χ1n) is 5.19. The number of ether oxygens (including phenoxy) is 3. The van der Waals surface area contributed by atoms with E-state index in [1.165, 1.54) is 0 Å². The molecule has 0 aliphatic heterocycles. The van der Waals surface area contributed by atoms with Gasteiger partial charge in [-0.2, -0.15) is 0 Å². The standard InChI is InChI=1S/C12H17BrO4/c1-7(6-14)10-8(13)5-9(15-2)11(16-3)12(10)17-4/h5,7,14H,6H2,1-4H3. The molecule has 1 rings (SSSR count). The number of hydrogen-bond donors (Lipinski definition) is 1. The van der Waals surface area contributed by atoms with Crippen LogP contribution in [-0.2, 0) is 0 Å². The SMILES string of the molecule is COc1cc(Br)c(C(C)CO)c(OC)c1OC. The Balaban J connectivity index is 3.48. The molecule has 1 N–H and O–H groups in total. The van der Waals surface area contributed by atoms with Gasteiger partial charge in [0.25, 0.3) is 0 Å². The Morgan fingerprint density at radius 3 is 2.18 bits per heavy atom. The van der Waals surface area contributed by atoms with Crippen molar-refractivity contribution in [1.29, 1.82) is 0 Å². The lowest BCUT2D eigenvalue weighted by Gasteiger charge is -2.20. The molecular weight excluding hydrogens is 288 g/mol. The molecule has 1 aromatic carbocycles. The van der Waals surface area contributed by atoms with Gasteiger partial charge in [-0.25, -0.2) is 0 Å². The largest absolute Gasteiger partial charge is 0.493 e. The lowest BCUT2D eigenvalue weighted by molar-refractivity contribution is 0.266. The summed E-state index contributed by atoms with van der Waals surface area (Å²) in [7, 11) is 4.69. The predicted octanol–water partition coefficient (Wildman–Crippen LogP) is 2.57. The zero-order valence-corrected chi connectivity index (χ0v) is 12.0. The van der Waals surface area contributed by atoms with E-state index in [1.54, 1.807) is 21.3 Å². The highest BCUT2D eigenvalue weighted by Gasteiger charge is 2.22. The molecule has 0 radical (unpaired) electrons. The summed E-state index contributed by atoms with van der Waals surface area (Å²) in [5.74, 6) is 1.65. The molecule has 1 aromatic rings. The maximum absolute atomic E-state index is 9.27. The fraction of sp³-hybridized carbons (Fsp3) is 0.500. The van der Waals surface area contributed by atoms with Crippen molar-refractivity contribution in [3.63, 3.8) is 0 Å². The van der Waals surface area contributed by atoms with Crippen molar-refractivity contribution in [2.24, 2.45) is 0 Å². The fourth-order valence-corrected chi connectivity index (χ4v) is 2.48. The Labute approximate surface area is 110 Å². The van der Waals surface area contributed by atoms with Gasteiger partial charge < -0.3 is 19.3 Å². The third kappa shape index (κ3) is 2.66. The molecule has 1 atom stereocenters. The van der Waals surface area contributed by atoms with Crippen molar-refractivity contribution in [3.05, 3.63) is 16.1 Å². The van der Waals surface area contributed by atoms with Crippen LogP contribution in [0.1, 0.15) is 18.4 Å². The van der Waals surface area contributed by atoms with Crippen molar-refractivity contribution in [2.75, 3.05) is 27.9 Å². The number of benzene rings is 1. The van der Waals surface area contributed by atoms with Gasteiger partial charge >= 0.3 is 0 Å². The molecule has 0 fully saturated rings. The van der Waals surface area contributed by atoms with E-state index < -0.39 is 0 Å². The first-order valence-corrected chi connectivity index (χ1v) is 5.99. The van der Waals surface area contributed by atoms with Crippen molar-refractivity contribution in [3.8, 4) is 17.2 Å². The van der Waals surface area contributed by atoms with Crippen molar-refractivity contribution < 1.29 is 19.3 Å². The first-order chi connectivity index (χ1) is 8.10. The summed E-state index contributed by atoms with van der Waals surface area (Å²) in [6.07, 6.45) is 0. The Bertz CT molecular complexity index is 393. The molecule has 0 aliphatic rings. The predicted molar refractivity (Wildman–Crippen MR) is 69.3 cm³/mol. The molecule has 0 bridgehead atoms. The van der Waals surface area contributed by atoms with E-state index >= 15 is 0 Å². The smallest absolute Gasteiger partial charge is 0.203 e. The summed E-state index contributed by atoms with van der Waals surface area (Å²) in [5.41, 5.74) is 0.868. The number of aliphatic hydroxyl groups excluding tert-OH is 1. The van der Waals surface area contributed by atoms with Crippen LogP contribution in [0.3, 0.4) is 0 Å². The zero-order chi connectivity index (χ0) is 13.0. The normalized spacial score (nSPS) is 12.1. The van der Waals surface area contributed by atoms with Gasteiger partial charge in [-0.15, -0.1) is 0 Å². The summed E-state index contributed by atoms with van der Waals surface area (Å²) in [6.45, 7) is 1.94. The third-order valence-corrected chi connectivity index (χ3v) is 3.24. The quantitative estimate of drug-likeness (QED) is 0.908. The summed E-state index contributed by atoms with van der Waals surface area (Å²) >= 11 is 3.46. The van der Waals surface area contributed by atoms with Crippen LogP contribution < -0.4 is 14.2 Å². The van der Waals surface area contributed by atoms with Gasteiger partial charge in [-0.1, -0.05) is 22.9 Å². The van der Waals surface area contributed by atoms with Gasteiger partial charge in [0.2, 0.25) is 5.75 Å². The van der Waals surface area contributed by atoms with Crippen LogP contribution in [0, 0.1) is 0 Å². The molecule has 0 aromatic heterocycles. The lowest BCUT2D eigenvalue weighted by Crippen LogP contribution is -2.05. The number of halogens is 1. The molecular formula is C12H17BrO4. The number of hydrogen-bond acceptors (Lipinski definition) is 4. The van der Waals surface area contributed by atoms with E-state index in [1.807, 2.05) is 13.0 Å². The topological polar surface area (TPSA) is 47.9 Å². The minimum absolute atomic E-state index is 0.0322. The maximum atomic E-state index is 9.27. The monoisotopic (exact) mass is 304 g/mol. The number of rotatable bonds is 5. The van der Waals surface area contributed by atoms with Gasteiger partial charge in [-0.3, -0.25) is 0 Å². The molecule has 1 unspecified atom stereocenters. The van der Waals surface area contributed by atoms with Crippen LogP contribution in [0.4, 0.5) is 0 Å². The van der Waals surface area contributed by atoms with Crippen LogP contribution >= 0.6 is 15.9 Å². The van der Waals surface area contributed by atoms with E-state index in [-0.39, 0.29) is 12.5 Å². The lowest BCUT2D eigenvalue weighted by atomic mass is 10.00. The number of aliphatic hydroxyl groups is 1. The summed E-state index contributed by atoms with van der Waals surface area (Å²) < 4.78 is 16.7. The third-order valence-electron chi connectivity index (χ3n) is 2.58. The second-order valence-electron chi connectivity index (χ2n) is 3.62. The molecule has 0 saturated heterocycles. The second-order valence-corrected chi connectivity index (χ2v) is 4.48. The van der Waals surface area contributed by atoms with Crippen LogP contribution in [0.15, 0.2) is 10.5 Å². The second kappa shape index (κ2) is 6.12. The first kappa shape index (κ1) is 14.1. The molecule has 0 heterocycles. The average Bonchev–Trinajstić information content (AvgIpc) is 2.36. The Morgan fingerprint density at radius 2 is 1.76 bits per heavy atom. The average molecular weight is 305 g/mol. The van der Waals surface area contributed by atoms with Crippen LogP contribution in [0.25, 0.3) is 0 Å². The molecule has 5 heteroatoms. The Kier molecular flexibility index (Phi) is 5.08. The summed E-state index contributed by atoms with van der Waals surface area (Å²) in [4.78, 5) is 0. The van der Waals surface area contributed by atoms with Gasteiger partial charge in [0.1, 0.15) is 0 Å². The van der Waals surface area contributed by atoms with E-state index in [4.69, 9.17) is 14.2 Å². The maximum Gasteiger partial charge on any atom is 0.203 e. The van der Waals surface area contributed by atoms with Crippen molar-refractivity contribution in [2.45, 2.75) is 12.8 Å². The van der Waals surface area contributed by atoms with E-state index in [9.17, 15) is 5.11 Å². The Hall–Kier alpha value is -0.940. The Morgan fingerprint density at radius 1 is 1.18 bits per heavy atom. The van der Waals surface area contributed by atoms with E-state index in [2.05, 4.69) is 15.9 Å². The number of methoxy groups -OCH3 is 3. The summed E-state index contributed by atoms with van der Waals surface area (Å²) in [5, 5.41) is 9.27. The highest BCUT2D eigenvalue weighted by atomic mass is 79.9. The highest BCUT2D eigenvalue weighted by molar-refractivity contribution is 9.10. The molecule has 0 aliphatic carbocycles.